The molecule has 8 N–H and O–H groups in total. The normalized spacial score (nSPS) is 42.5. The number of nitrogen functional groups attached to an aromatic ring is 2. The number of anilines is 2. The van der Waals surface area contributed by atoms with Crippen molar-refractivity contribution in [1.82, 2.24) is 0 Å². The lowest BCUT2D eigenvalue weighted by Gasteiger charge is -2.60. The largest absolute Gasteiger partial charge is 0.399 e. The van der Waals surface area contributed by atoms with Crippen LogP contribution in [0.25, 0.3) is 0 Å². The van der Waals surface area contributed by atoms with Gasteiger partial charge in [0, 0.05) is 11.4 Å². The van der Waals surface area contributed by atoms with Crippen molar-refractivity contribution in [3.05, 3.63) is 59.7 Å². The van der Waals surface area contributed by atoms with Gasteiger partial charge in [0.05, 0.1) is 0 Å². The molecule has 8 atom stereocenters. The number of rotatable bonds is 4. The lowest BCUT2D eigenvalue weighted by molar-refractivity contribution is -0.379. The van der Waals surface area contributed by atoms with Crippen LogP contribution in [0.5, 0.6) is 0 Å². The molecule has 0 bridgehead atoms. The van der Waals surface area contributed by atoms with Gasteiger partial charge in [-0.3, -0.25) is 11.5 Å². The van der Waals surface area contributed by atoms with E-state index in [-0.39, 0.29) is 48.5 Å². The molecule has 2 aliphatic rings. The van der Waals surface area contributed by atoms with E-state index in [1.54, 1.807) is 0 Å². The van der Waals surface area contributed by atoms with Gasteiger partial charge in [0.15, 0.2) is 0 Å². The van der Waals surface area contributed by atoms with Gasteiger partial charge in [-0.2, -0.15) is 35.1 Å². The molecule has 2 saturated carbocycles. The topological polar surface area (TPSA) is 138 Å². The van der Waals surface area contributed by atoms with Crippen molar-refractivity contribution in [3.63, 3.8) is 0 Å². The van der Waals surface area contributed by atoms with Crippen LogP contribution in [0.4, 0.5) is 81.6 Å². The predicted octanol–water partition coefficient (Wildman–Crippen LogP) is 5.12. The predicted molar refractivity (Wildman–Crippen MR) is 130 cm³/mol. The molecule has 0 spiro atoms. The smallest absolute Gasteiger partial charge is 0.363 e. The third-order valence-electron chi connectivity index (χ3n) is 8.36. The van der Waals surface area contributed by atoms with Gasteiger partial charge >= 0.3 is 33.7 Å². The fourth-order valence-electron chi connectivity index (χ4n) is 5.65. The summed E-state index contributed by atoms with van der Waals surface area (Å²) in [5.74, 6) is -43.4. The minimum absolute atomic E-state index is 0.228. The molecule has 2 fully saturated rings. The maximum Gasteiger partial charge on any atom is 0.363 e. The van der Waals surface area contributed by atoms with Gasteiger partial charge in [0.25, 0.3) is 11.6 Å². The highest BCUT2D eigenvalue weighted by atomic mass is 32.2. The van der Waals surface area contributed by atoms with E-state index in [1.165, 1.54) is 0 Å². The fraction of sp³-hybridized carbons (Fsp3) is 0.500. The molecule has 0 aliphatic heterocycles. The summed E-state index contributed by atoms with van der Waals surface area (Å²) in [5, 5.41) is -15.1. The summed E-state index contributed by atoms with van der Waals surface area (Å²) in [6, 6.07) is -0.0803. The number of sulfone groups is 1. The molecule has 264 valence electrons. The van der Waals surface area contributed by atoms with Crippen LogP contribution in [-0.4, -0.2) is 66.0 Å². The van der Waals surface area contributed by atoms with E-state index in [0.717, 1.165) is 0 Å². The quantitative estimate of drug-likeness (QED) is 0.196. The van der Waals surface area contributed by atoms with Crippen LogP contribution >= 0.6 is 0 Å². The van der Waals surface area contributed by atoms with Crippen molar-refractivity contribution in [2.45, 2.75) is 69.0 Å². The Balaban J connectivity index is 2.31. The fourth-order valence-corrected chi connectivity index (χ4v) is 8.30. The highest BCUT2D eigenvalue weighted by Gasteiger charge is 3.02. The molecule has 2 aromatic carbocycles. The molecule has 23 heteroatoms. The Morgan fingerprint density at radius 2 is 0.723 bits per heavy atom. The first-order chi connectivity index (χ1) is 20.8. The van der Waals surface area contributed by atoms with E-state index in [2.05, 4.69) is 11.5 Å². The first-order valence-electron chi connectivity index (χ1n) is 12.3. The van der Waals surface area contributed by atoms with Gasteiger partial charge in [0.1, 0.15) is 0 Å². The van der Waals surface area contributed by atoms with Crippen LogP contribution < -0.4 is 22.9 Å². The second kappa shape index (κ2) is 9.48. The number of nitrogens with two attached hydrogens (primary N) is 4. The summed E-state index contributed by atoms with van der Waals surface area (Å²) >= 11 is 0. The molecule has 0 aromatic heterocycles. The molecule has 2 aliphatic carbocycles. The SMILES string of the molecule is Nc1ccc(C2(F)C(F)C(F)(F)C(F)(F)C(N)(F)C2(F)S(=O)(=O)C2(F)C(F)(c3ccc(N)cc3)C(F)C(F)(F)C(F)(F)C2(N)F)cc1. The van der Waals surface area contributed by atoms with Crippen molar-refractivity contribution in [2.24, 2.45) is 11.5 Å². The molecular weight excluding hydrogens is 712 g/mol. The molecule has 0 amide bonds. The van der Waals surface area contributed by atoms with Gasteiger partial charge < -0.3 is 11.5 Å². The van der Waals surface area contributed by atoms with E-state index in [9.17, 15) is 43.5 Å². The molecule has 0 radical (unpaired) electrons. The molecule has 6 nitrogen and oxygen atoms in total. The van der Waals surface area contributed by atoms with Gasteiger partial charge in [0.2, 0.25) is 33.5 Å². The standard InChI is InChI=1S/C24H18F16N4O2S/c25-13-15(27,9-1-5-11(41)6-2-9)23(39,21(37,43)19(33,34)17(13,29)30)47(45,46)24(40)16(28,10-3-7-12(42)8-4-10)14(26)18(31,32)20(35,36)22(24,38)44/h1-8,13-14H,41-44H2. The average Bonchev–Trinajstić information content (AvgIpc) is 2.97. The third-order valence-corrected chi connectivity index (χ3v) is 11.0. The molecule has 8 unspecified atom stereocenters. The van der Waals surface area contributed by atoms with Gasteiger partial charge in [-0.25, -0.2) is 43.5 Å². The van der Waals surface area contributed by atoms with Crippen LogP contribution in [0.2, 0.25) is 0 Å². The number of hydrogen-bond acceptors (Lipinski definition) is 6. The molecule has 2 aromatic rings. The lowest BCUT2D eigenvalue weighted by Crippen LogP contribution is -2.92. The summed E-state index contributed by atoms with van der Waals surface area (Å²) < 4.78 is 276. The number of alkyl halides is 16. The maximum atomic E-state index is 17.2. The van der Waals surface area contributed by atoms with Gasteiger partial charge in [-0.15, -0.1) is 0 Å². The zero-order valence-corrected chi connectivity index (χ0v) is 23.2. The minimum Gasteiger partial charge on any atom is -0.399 e. The second-order valence-corrected chi connectivity index (χ2v) is 13.0. The molecule has 4 rings (SSSR count). The highest BCUT2D eigenvalue weighted by molar-refractivity contribution is 7.94. The van der Waals surface area contributed by atoms with Gasteiger partial charge in [-0.1, -0.05) is 24.3 Å². The van der Waals surface area contributed by atoms with E-state index >= 15 is 35.1 Å². The van der Waals surface area contributed by atoms with Crippen LogP contribution in [0, 0.1) is 0 Å². The van der Waals surface area contributed by atoms with Crippen molar-refractivity contribution in [1.29, 1.82) is 0 Å². The molecule has 0 heterocycles. The first-order valence-corrected chi connectivity index (χ1v) is 13.8. The van der Waals surface area contributed by atoms with E-state index in [4.69, 9.17) is 11.5 Å². The summed E-state index contributed by atoms with van der Waals surface area (Å²) in [4.78, 5) is 0. The number of halogens is 16. The van der Waals surface area contributed by atoms with Crippen LogP contribution in [-0.2, 0) is 21.2 Å². The summed E-state index contributed by atoms with van der Waals surface area (Å²) in [6.07, 6.45) is -11.7. The van der Waals surface area contributed by atoms with Crippen molar-refractivity contribution < 1.29 is 78.7 Å². The molecule has 47 heavy (non-hydrogen) atoms. The zero-order chi connectivity index (χ0) is 36.6. The third kappa shape index (κ3) is 3.49. The van der Waals surface area contributed by atoms with E-state index < -0.39 is 101 Å². The lowest BCUT2D eigenvalue weighted by atomic mass is 9.69. The van der Waals surface area contributed by atoms with E-state index in [1.807, 2.05) is 0 Å². The summed E-state index contributed by atoms with van der Waals surface area (Å²) in [7, 11) is -9.29. The Bertz CT molecular complexity index is 1580. The summed E-state index contributed by atoms with van der Waals surface area (Å²) in [5.41, 5.74) is -0.141. The monoisotopic (exact) mass is 730 g/mol. The Labute approximate surface area is 251 Å². The number of benzene rings is 2. The Hall–Kier alpha value is -3.21. The minimum atomic E-state index is -9.29. The van der Waals surface area contributed by atoms with E-state index in [0.29, 0.717) is 0 Å². The second-order valence-electron chi connectivity index (χ2n) is 10.9. The van der Waals surface area contributed by atoms with Gasteiger partial charge in [-0.05, 0) is 35.4 Å². The maximum absolute atomic E-state index is 17.2. The Morgan fingerprint density at radius 1 is 0.489 bits per heavy atom. The highest BCUT2D eigenvalue weighted by Crippen LogP contribution is 2.73. The Morgan fingerprint density at radius 3 is 0.957 bits per heavy atom. The summed E-state index contributed by atoms with van der Waals surface area (Å²) in [6.45, 7) is 0. The van der Waals surface area contributed by atoms with Crippen LogP contribution in [0.1, 0.15) is 11.1 Å². The van der Waals surface area contributed by atoms with Crippen molar-refractivity contribution in [2.75, 3.05) is 11.5 Å². The molecular formula is C24H18F16N4O2S. The van der Waals surface area contributed by atoms with Crippen LogP contribution in [0.3, 0.4) is 0 Å². The molecule has 0 saturated heterocycles. The average molecular weight is 730 g/mol. The van der Waals surface area contributed by atoms with Crippen LogP contribution in [0.15, 0.2) is 48.5 Å². The first kappa shape index (κ1) is 36.6. The van der Waals surface area contributed by atoms with Crippen molar-refractivity contribution in [3.8, 4) is 0 Å². The Kier molecular flexibility index (Phi) is 7.39. The number of hydrogen-bond donors (Lipinski definition) is 4. The zero-order valence-electron chi connectivity index (χ0n) is 22.4. The van der Waals surface area contributed by atoms with Crippen molar-refractivity contribution >= 4 is 21.2 Å².